The van der Waals surface area contributed by atoms with E-state index in [-0.39, 0.29) is 81.0 Å². The first-order valence-electron chi connectivity index (χ1n) is 28.4. The van der Waals surface area contributed by atoms with E-state index in [1.54, 1.807) is 48.1 Å². The molecule has 0 aromatic carbocycles. The second kappa shape index (κ2) is 33.1. The lowest BCUT2D eigenvalue weighted by Crippen LogP contribution is -2.61. The maximum Gasteiger partial charge on any atom is 0.508 e. The molecular formula is C60H88N2O16S2. The molecule has 1 aromatic heterocycles. The van der Waals surface area contributed by atoms with E-state index >= 15 is 0 Å². The average molecular weight is 1160 g/mol. The molecule has 20 heteroatoms. The number of carbonyl (C=O) groups is 6. The number of esters is 1. The number of methoxy groups -OCH3 is 2. The van der Waals surface area contributed by atoms with Crippen LogP contribution in [0.1, 0.15) is 126 Å². The van der Waals surface area contributed by atoms with Gasteiger partial charge in [0.15, 0.2) is 5.78 Å². The lowest BCUT2D eigenvalue weighted by molar-refractivity contribution is -0.265. The molecule has 1 saturated carbocycles. The fourth-order valence-corrected chi connectivity index (χ4v) is 12.8. The molecule has 1 aliphatic carbocycles. The molecule has 18 nitrogen and oxygen atoms in total. The predicted octanol–water partition coefficient (Wildman–Crippen LogP) is 8.54. The number of aliphatic hydroxyl groups is 3. The van der Waals surface area contributed by atoms with Crippen molar-refractivity contribution in [2.45, 2.75) is 185 Å². The van der Waals surface area contributed by atoms with Crippen LogP contribution < -0.4 is 0 Å². The molecule has 3 N–H and O–H groups in total. The second-order valence-corrected chi connectivity index (χ2v) is 24.7. The van der Waals surface area contributed by atoms with Crippen LogP contribution in [0.15, 0.2) is 77.0 Å². The van der Waals surface area contributed by atoms with Crippen molar-refractivity contribution in [3.63, 3.8) is 0 Å². The molecule has 4 aliphatic rings. The van der Waals surface area contributed by atoms with Crippen LogP contribution in [0.2, 0.25) is 0 Å². The van der Waals surface area contributed by atoms with Gasteiger partial charge in [0.05, 0.1) is 31.0 Å². The molecule has 0 unspecified atom stereocenters. The van der Waals surface area contributed by atoms with Gasteiger partial charge in [-0.25, -0.2) is 14.6 Å². The molecule has 2 saturated heterocycles. The average Bonchev–Trinajstić information content (AvgIpc) is 3.49. The van der Waals surface area contributed by atoms with Gasteiger partial charge in [-0.15, -0.1) is 0 Å². The van der Waals surface area contributed by atoms with Crippen LogP contribution >= 0.6 is 21.6 Å². The van der Waals surface area contributed by atoms with E-state index in [1.165, 1.54) is 32.6 Å². The van der Waals surface area contributed by atoms with Crippen molar-refractivity contribution in [1.29, 1.82) is 0 Å². The number of hydrogen-bond acceptors (Lipinski definition) is 19. The lowest BCUT2D eigenvalue weighted by Gasteiger charge is -2.42. The molecule has 1 amide bonds. The van der Waals surface area contributed by atoms with Gasteiger partial charge in [-0.2, -0.15) is 0 Å². The molecule has 1 aromatic rings. The van der Waals surface area contributed by atoms with Crippen molar-refractivity contribution in [2.75, 3.05) is 46.3 Å². The number of ether oxygens (including phenoxy) is 7. The van der Waals surface area contributed by atoms with Crippen molar-refractivity contribution in [3.05, 3.63) is 72.0 Å². The zero-order chi connectivity index (χ0) is 58.5. The molecular weight excluding hydrogens is 1070 g/mol. The number of amides is 1. The number of fused-ring (bicyclic) bond motifs is 3. The molecule has 2 bridgehead atoms. The summed E-state index contributed by atoms with van der Waals surface area (Å²) in [6, 6.07) is 4.45. The van der Waals surface area contributed by atoms with Crippen molar-refractivity contribution < 1.29 is 77.2 Å². The van der Waals surface area contributed by atoms with Gasteiger partial charge in [-0.05, 0) is 130 Å². The molecule has 446 valence electrons. The van der Waals surface area contributed by atoms with Crippen molar-refractivity contribution >= 4 is 57.0 Å². The van der Waals surface area contributed by atoms with E-state index in [2.05, 4.69) is 4.98 Å². The Hall–Kier alpha value is -4.25. The zero-order valence-electron chi connectivity index (χ0n) is 48.2. The lowest BCUT2D eigenvalue weighted by atomic mass is 9.78. The first-order chi connectivity index (χ1) is 38.2. The molecule has 3 aliphatic heterocycles. The van der Waals surface area contributed by atoms with E-state index in [4.69, 9.17) is 33.2 Å². The Morgan fingerprint density at radius 1 is 0.863 bits per heavy atom. The van der Waals surface area contributed by atoms with Crippen LogP contribution in [0.3, 0.4) is 0 Å². The Labute approximate surface area is 480 Å². The Morgan fingerprint density at radius 3 is 2.35 bits per heavy atom. The summed E-state index contributed by atoms with van der Waals surface area (Å²) in [5, 5.41) is 35.3. The summed E-state index contributed by atoms with van der Waals surface area (Å²) in [6.45, 7) is 12.6. The number of aromatic nitrogens is 1. The minimum Gasteiger partial charge on any atom is -0.460 e. The highest BCUT2D eigenvalue weighted by Crippen LogP contribution is 2.38. The number of pyridine rings is 1. The summed E-state index contributed by atoms with van der Waals surface area (Å²) < 4.78 is 40.8. The van der Waals surface area contributed by atoms with Gasteiger partial charge < -0.3 is 53.4 Å². The van der Waals surface area contributed by atoms with Gasteiger partial charge in [0.1, 0.15) is 48.4 Å². The molecule has 4 heterocycles. The predicted molar refractivity (Wildman–Crippen MR) is 304 cm³/mol. The van der Waals surface area contributed by atoms with E-state index in [0.717, 1.165) is 10.6 Å². The molecule has 3 fully saturated rings. The monoisotopic (exact) mass is 1160 g/mol. The number of Topliss-reactive ketones (excluding diaryl/α,β-unsaturated/α-hetero) is 3. The van der Waals surface area contributed by atoms with Gasteiger partial charge >= 0.3 is 12.1 Å². The van der Waals surface area contributed by atoms with Crippen LogP contribution in [0.25, 0.3) is 0 Å². The quantitative estimate of drug-likeness (QED) is 0.0519. The van der Waals surface area contributed by atoms with Crippen molar-refractivity contribution in [1.82, 2.24) is 9.88 Å². The number of carbonyl (C=O) groups excluding carboxylic acids is 6. The highest BCUT2D eigenvalue weighted by Gasteiger charge is 2.53. The standard InChI is InChI=1S/C60H88N2O16S2/c1-37-17-11-10-12-18-38(2)49(72-8)35-45-23-21-43(7)60(71,78-45)56(67)57(68)62-26-16-14-19-46(62)58(69)77-50(36-47(63)39(3)32-42(6)54(65)55(66)53(64)41(5)31-37)40(4)33-44-22-24-48(51(34-44)73-9)74-27-28-75-59(70)76-29-30-79-80-52-20-13-15-25-61-52/h10-13,15,17-18,20,25,32,37,39-41,43-46,48-51,54-55,65-66,71H,14,16,19,21-24,26-31,33-36H2,1-9H3/b12-10+,17-11+,38-18+,42-32+/t37-,39-,40-,41-,43-,44+,45+,46+,48-,49+,50+,51-,54-,55+,60-/m1/s1. The van der Waals surface area contributed by atoms with Gasteiger partial charge in [0.25, 0.3) is 11.7 Å². The summed E-state index contributed by atoms with van der Waals surface area (Å²) in [5.74, 6) is -8.36. The third kappa shape index (κ3) is 19.7. The van der Waals surface area contributed by atoms with Gasteiger partial charge in [0.2, 0.25) is 5.79 Å². The fraction of sp³-hybridized carbons (Fsp3) is 0.683. The fourth-order valence-electron chi connectivity index (χ4n) is 11.1. The SMILES string of the molecule is CO[C@H]1C[C@@H]2CC[C@@H](C)[C@@](O)(O2)C(=O)C(=O)N2CCCC[C@H]2C(=O)O[C@H]([C@H](C)C[C@@H]2CC[C@@H](OCCOC(=O)OCCSSc3ccccn3)[C@H](OC)C2)CC(=O)[C@H](C)/C=C(\C)[C@@H](O)[C@@H](O)C(=O)[C@H](C)C[C@H](C)/C=C/C=C/C=C/1C. The topological polar surface area (TPSA) is 244 Å². The maximum atomic E-state index is 14.6. The van der Waals surface area contributed by atoms with Gasteiger partial charge in [-0.1, -0.05) is 87.9 Å². The van der Waals surface area contributed by atoms with Gasteiger partial charge in [-0.3, -0.25) is 19.2 Å². The molecule has 0 radical (unpaired) electrons. The first kappa shape index (κ1) is 66.5. The number of allylic oxidation sites excluding steroid dienone is 6. The van der Waals surface area contributed by atoms with Crippen molar-refractivity contribution in [3.8, 4) is 0 Å². The van der Waals surface area contributed by atoms with Crippen LogP contribution in [0, 0.1) is 35.5 Å². The highest BCUT2D eigenvalue weighted by molar-refractivity contribution is 8.76. The summed E-state index contributed by atoms with van der Waals surface area (Å²) in [6.07, 6.45) is 10.8. The minimum atomic E-state index is -2.46. The molecule has 0 spiro atoms. The van der Waals surface area contributed by atoms with Crippen LogP contribution in [-0.4, -0.2) is 161 Å². The van der Waals surface area contributed by atoms with E-state index in [1.807, 2.05) is 69.4 Å². The van der Waals surface area contributed by atoms with Gasteiger partial charge in [0, 0.05) is 63.3 Å². The van der Waals surface area contributed by atoms with Crippen LogP contribution in [-0.2, 0) is 57.1 Å². The number of aliphatic hydroxyl groups excluding tert-OH is 2. The number of ketones is 3. The Bertz CT molecular complexity index is 2310. The number of nitrogens with zero attached hydrogens (tertiary/aromatic N) is 2. The van der Waals surface area contributed by atoms with Crippen molar-refractivity contribution in [2.24, 2.45) is 35.5 Å². The number of cyclic esters (lactones) is 1. The molecule has 15 atom stereocenters. The molecule has 80 heavy (non-hydrogen) atoms. The van der Waals surface area contributed by atoms with E-state index < -0.39 is 95.6 Å². The third-order valence-electron chi connectivity index (χ3n) is 16.0. The zero-order valence-corrected chi connectivity index (χ0v) is 49.9. The van der Waals surface area contributed by atoms with E-state index in [0.29, 0.717) is 63.5 Å². The number of rotatable bonds is 14. The number of hydrogen-bond donors (Lipinski definition) is 3. The number of piperidine rings is 1. The van der Waals surface area contributed by atoms with Crippen LogP contribution in [0.5, 0.6) is 0 Å². The summed E-state index contributed by atoms with van der Waals surface area (Å²) in [4.78, 5) is 88.7. The Kier molecular flexibility index (Phi) is 27.6. The highest BCUT2D eigenvalue weighted by atomic mass is 33.1. The summed E-state index contributed by atoms with van der Waals surface area (Å²) in [7, 11) is 6.17. The Balaban J connectivity index is 1.31. The summed E-state index contributed by atoms with van der Waals surface area (Å²) in [5.41, 5.74) is 1.08. The smallest absolute Gasteiger partial charge is 0.460 e. The second-order valence-electron chi connectivity index (χ2n) is 22.2. The molecule has 5 rings (SSSR count). The maximum absolute atomic E-state index is 14.6. The van der Waals surface area contributed by atoms with Crippen LogP contribution in [0.4, 0.5) is 4.79 Å². The summed E-state index contributed by atoms with van der Waals surface area (Å²) >= 11 is 0. The largest absolute Gasteiger partial charge is 0.508 e. The normalized spacial score (nSPS) is 34.9. The third-order valence-corrected chi connectivity index (χ3v) is 18.3. The Morgan fingerprint density at radius 2 is 1.62 bits per heavy atom. The van der Waals surface area contributed by atoms with E-state index in [9.17, 15) is 44.1 Å². The first-order valence-corrected chi connectivity index (χ1v) is 30.7. The minimum absolute atomic E-state index is 0.0117.